The van der Waals surface area contributed by atoms with Crippen LogP contribution in [0.2, 0.25) is 5.02 Å². The Balaban J connectivity index is 2.06. The molecule has 0 aliphatic carbocycles. The summed E-state index contributed by atoms with van der Waals surface area (Å²) in [6.07, 6.45) is 0.617. The van der Waals surface area contributed by atoms with Crippen LogP contribution in [0.15, 0.2) is 50.1 Å². The van der Waals surface area contributed by atoms with Crippen LogP contribution in [-0.2, 0) is 4.74 Å². The summed E-state index contributed by atoms with van der Waals surface area (Å²) < 4.78 is 7.24. The van der Waals surface area contributed by atoms with Crippen molar-refractivity contribution in [2.75, 3.05) is 25.5 Å². The fourth-order valence-electron chi connectivity index (χ4n) is 3.24. The van der Waals surface area contributed by atoms with Crippen molar-refractivity contribution in [3.63, 3.8) is 0 Å². The molecule has 0 aliphatic rings. The number of carbonyl (C=O) groups excluding carboxylic acids is 3. The van der Waals surface area contributed by atoms with Crippen molar-refractivity contribution in [1.82, 2.24) is 24.8 Å². The first-order chi connectivity index (χ1) is 17.6. The zero-order chi connectivity index (χ0) is 27.3. The number of rotatable bonds is 6. The lowest BCUT2D eigenvalue weighted by Gasteiger charge is -2.31. The van der Waals surface area contributed by atoms with Crippen molar-refractivity contribution in [3.05, 3.63) is 66.4 Å². The fraction of sp³-hybridized carbons (Fsp3) is 0.182. The highest BCUT2D eigenvalue weighted by Crippen LogP contribution is 2.33. The number of benzene rings is 1. The maximum atomic E-state index is 13.6. The molecule has 0 radical (unpaired) electrons. The van der Waals surface area contributed by atoms with Gasteiger partial charge in [0.1, 0.15) is 16.8 Å². The van der Waals surface area contributed by atoms with E-state index < -0.39 is 24.5 Å². The Kier molecular flexibility index (Phi) is 9.66. The second-order valence-electron chi connectivity index (χ2n) is 7.04. The van der Waals surface area contributed by atoms with Gasteiger partial charge in [-0.05, 0) is 63.0 Å². The average molecular weight is 719 g/mol. The van der Waals surface area contributed by atoms with E-state index in [9.17, 15) is 19.6 Å². The van der Waals surface area contributed by atoms with Crippen molar-refractivity contribution in [2.45, 2.75) is 6.92 Å². The van der Waals surface area contributed by atoms with Crippen LogP contribution in [0.1, 0.15) is 27.8 Å². The first-order valence-corrected chi connectivity index (χ1v) is 13.1. The van der Waals surface area contributed by atoms with Crippen molar-refractivity contribution in [3.8, 4) is 11.9 Å². The van der Waals surface area contributed by atoms with E-state index in [0.717, 1.165) is 17.1 Å². The fourth-order valence-corrected chi connectivity index (χ4v) is 5.14. The standard InChI is InChI=1S/C22H17Br3ClN7O4/c1-3-31(32(8-6-27)22(36)37-2)21(35)13-9-12(23)10-14(24)18(13)29-20(34)16-11-17(25)30-33(16)19-15(26)5-4-7-28-19/h4-5,7,9-11H,3,8H2,1-2H3,(H,29,34). The van der Waals surface area contributed by atoms with Crippen LogP contribution < -0.4 is 5.32 Å². The molecule has 37 heavy (non-hydrogen) atoms. The maximum absolute atomic E-state index is 13.6. The Bertz CT molecular complexity index is 1410. The molecule has 2 heterocycles. The molecule has 1 aromatic carbocycles. The second-order valence-corrected chi connectivity index (χ2v) is 10.0. The summed E-state index contributed by atoms with van der Waals surface area (Å²) in [4.78, 5) is 43.5. The topological polar surface area (TPSA) is 133 Å². The Morgan fingerprint density at radius 3 is 2.57 bits per heavy atom. The number of anilines is 1. The number of hydrogen-bond acceptors (Lipinski definition) is 7. The number of aromatic nitrogens is 3. The van der Waals surface area contributed by atoms with Gasteiger partial charge >= 0.3 is 6.09 Å². The predicted octanol–water partition coefficient (Wildman–Crippen LogP) is 5.43. The number of hydrogen-bond donors (Lipinski definition) is 1. The first-order valence-electron chi connectivity index (χ1n) is 10.3. The molecule has 0 atom stereocenters. The lowest BCUT2D eigenvalue weighted by Crippen LogP contribution is -2.50. The highest BCUT2D eigenvalue weighted by Gasteiger charge is 2.30. The summed E-state index contributed by atoms with van der Waals surface area (Å²) in [5, 5.41) is 18.4. The van der Waals surface area contributed by atoms with Gasteiger partial charge in [0.15, 0.2) is 5.82 Å². The van der Waals surface area contributed by atoms with E-state index in [4.69, 9.17) is 16.3 Å². The zero-order valence-electron chi connectivity index (χ0n) is 19.2. The number of pyridine rings is 1. The van der Waals surface area contributed by atoms with Gasteiger partial charge in [0.2, 0.25) is 0 Å². The van der Waals surface area contributed by atoms with Crippen LogP contribution in [-0.4, -0.2) is 62.9 Å². The molecule has 0 fully saturated rings. The van der Waals surface area contributed by atoms with E-state index in [1.165, 1.54) is 23.0 Å². The van der Waals surface area contributed by atoms with E-state index in [1.807, 2.05) is 6.07 Å². The molecular weight excluding hydrogens is 701 g/mol. The highest BCUT2D eigenvalue weighted by molar-refractivity contribution is 9.11. The molecule has 0 spiro atoms. The summed E-state index contributed by atoms with van der Waals surface area (Å²) in [6.45, 7) is 1.23. The minimum absolute atomic E-state index is 0.0318. The molecule has 192 valence electrons. The summed E-state index contributed by atoms with van der Waals surface area (Å²) >= 11 is 16.3. The smallest absolute Gasteiger partial charge is 0.429 e. The van der Waals surface area contributed by atoms with Gasteiger partial charge in [-0.15, -0.1) is 0 Å². The monoisotopic (exact) mass is 715 g/mol. The van der Waals surface area contributed by atoms with E-state index in [2.05, 4.69) is 63.2 Å². The van der Waals surface area contributed by atoms with Gasteiger partial charge in [-0.25, -0.2) is 24.5 Å². The molecule has 0 aliphatic heterocycles. The summed E-state index contributed by atoms with van der Waals surface area (Å²) in [6, 6.07) is 9.68. The quantitative estimate of drug-likeness (QED) is 0.266. The number of nitrogens with zero attached hydrogens (tertiary/aromatic N) is 6. The van der Waals surface area contributed by atoms with Crippen LogP contribution in [0.25, 0.3) is 5.82 Å². The van der Waals surface area contributed by atoms with Crippen LogP contribution in [0, 0.1) is 11.3 Å². The number of ether oxygens (including phenoxy) is 1. The van der Waals surface area contributed by atoms with Gasteiger partial charge in [0.25, 0.3) is 11.8 Å². The third-order valence-corrected chi connectivity index (χ3v) is 6.57. The molecule has 11 nitrogen and oxygen atoms in total. The molecule has 0 bridgehead atoms. The minimum Gasteiger partial charge on any atom is -0.451 e. The lowest BCUT2D eigenvalue weighted by molar-refractivity contribution is 0.00234. The summed E-state index contributed by atoms with van der Waals surface area (Å²) in [5.41, 5.74) is 0.229. The van der Waals surface area contributed by atoms with Crippen LogP contribution in [0.5, 0.6) is 0 Å². The van der Waals surface area contributed by atoms with Crippen molar-refractivity contribution in [1.29, 1.82) is 5.26 Å². The first kappa shape index (κ1) is 28.6. The molecule has 3 rings (SSSR count). The van der Waals surface area contributed by atoms with Gasteiger partial charge in [0.05, 0.1) is 29.5 Å². The van der Waals surface area contributed by atoms with Crippen LogP contribution in [0.4, 0.5) is 10.5 Å². The number of methoxy groups -OCH3 is 1. The summed E-state index contributed by atoms with van der Waals surface area (Å²) in [7, 11) is 1.14. The predicted molar refractivity (Wildman–Crippen MR) is 145 cm³/mol. The maximum Gasteiger partial charge on any atom is 0.429 e. The lowest BCUT2D eigenvalue weighted by atomic mass is 10.1. The number of halogens is 4. The van der Waals surface area contributed by atoms with Gasteiger partial charge < -0.3 is 10.1 Å². The van der Waals surface area contributed by atoms with Crippen LogP contribution >= 0.6 is 59.4 Å². The molecule has 1 N–H and O–H groups in total. The van der Waals surface area contributed by atoms with E-state index in [0.29, 0.717) is 13.5 Å². The van der Waals surface area contributed by atoms with E-state index >= 15 is 0 Å². The number of nitriles is 1. The van der Waals surface area contributed by atoms with Gasteiger partial charge in [-0.3, -0.25) is 9.59 Å². The minimum atomic E-state index is -0.891. The molecule has 3 amide bonds. The second kappa shape index (κ2) is 12.5. The Morgan fingerprint density at radius 1 is 1.22 bits per heavy atom. The molecule has 0 saturated carbocycles. The van der Waals surface area contributed by atoms with Gasteiger partial charge in [-0.2, -0.15) is 10.4 Å². The van der Waals surface area contributed by atoms with Gasteiger partial charge in [-0.1, -0.05) is 27.5 Å². The molecule has 2 aromatic heterocycles. The molecule has 0 unspecified atom stereocenters. The van der Waals surface area contributed by atoms with Crippen molar-refractivity contribution < 1.29 is 19.1 Å². The highest BCUT2D eigenvalue weighted by atomic mass is 79.9. The third kappa shape index (κ3) is 6.30. The average Bonchev–Trinajstić information content (AvgIpc) is 3.26. The normalized spacial score (nSPS) is 10.4. The van der Waals surface area contributed by atoms with Crippen LogP contribution in [0.3, 0.4) is 0 Å². The van der Waals surface area contributed by atoms with Crippen molar-refractivity contribution in [2.24, 2.45) is 0 Å². The SMILES string of the molecule is CCN(C(=O)c1cc(Br)cc(Br)c1NC(=O)c1cc(Br)nn1-c1ncccc1Cl)N(CC#N)C(=O)OC. The number of hydrazine groups is 1. The molecular formula is C22H17Br3ClN7O4. The van der Waals surface area contributed by atoms with E-state index in [-0.39, 0.29) is 34.3 Å². The molecule has 0 saturated heterocycles. The third-order valence-electron chi connectivity index (χ3n) is 4.81. The molecule has 3 aromatic rings. The van der Waals surface area contributed by atoms with E-state index in [1.54, 1.807) is 25.1 Å². The van der Waals surface area contributed by atoms with Crippen molar-refractivity contribution >= 4 is 83.0 Å². The Labute approximate surface area is 241 Å². The zero-order valence-corrected chi connectivity index (χ0v) is 24.7. The number of nitrogens with one attached hydrogen (secondary N) is 1. The van der Waals surface area contributed by atoms with Gasteiger partial charge in [0, 0.05) is 27.8 Å². The number of amides is 3. The largest absolute Gasteiger partial charge is 0.451 e. The summed E-state index contributed by atoms with van der Waals surface area (Å²) in [5.74, 6) is -1.06. The number of carbonyl (C=O) groups is 3. The Morgan fingerprint density at radius 2 is 1.95 bits per heavy atom. The molecule has 15 heteroatoms. The Hall–Kier alpha value is -2.99.